The van der Waals surface area contributed by atoms with E-state index in [9.17, 15) is 8.42 Å². The number of hydrogen-bond acceptors (Lipinski definition) is 5. The van der Waals surface area contributed by atoms with Gasteiger partial charge in [0.05, 0.1) is 9.23 Å². The van der Waals surface area contributed by atoms with Crippen molar-refractivity contribution < 1.29 is 8.42 Å². The van der Waals surface area contributed by atoms with Gasteiger partial charge in [-0.05, 0) is 39.8 Å². The van der Waals surface area contributed by atoms with Crippen molar-refractivity contribution in [3.8, 4) is 0 Å². The predicted octanol–water partition coefficient (Wildman–Crippen LogP) is 3.34. The molecule has 0 spiro atoms. The normalized spacial score (nSPS) is 12.2. The van der Waals surface area contributed by atoms with Gasteiger partial charge < -0.3 is 5.73 Å². The van der Waals surface area contributed by atoms with Gasteiger partial charge in [-0.15, -0.1) is 35.5 Å². The summed E-state index contributed by atoms with van der Waals surface area (Å²) >= 11 is 8.81. The highest BCUT2D eigenvalue weighted by Crippen LogP contribution is 2.38. The van der Waals surface area contributed by atoms with Gasteiger partial charge in [0.1, 0.15) is 4.21 Å². The minimum atomic E-state index is -3.50. The molecule has 0 amide bonds. The van der Waals surface area contributed by atoms with Crippen LogP contribution in [0, 0.1) is 0 Å². The van der Waals surface area contributed by atoms with Gasteiger partial charge in [0, 0.05) is 11.3 Å². The van der Waals surface area contributed by atoms with Crippen LogP contribution in [0.1, 0.15) is 27.2 Å². The number of halogens is 2. The van der Waals surface area contributed by atoms with E-state index in [4.69, 9.17) is 17.3 Å². The van der Waals surface area contributed by atoms with Crippen molar-refractivity contribution in [3.63, 3.8) is 0 Å². The van der Waals surface area contributed by atoms with E-state index in [1.807, 2.05) is 0 Å². The molecule has 9 heteroatoms. The standard InChI is InChI=1S/C11H19ClN2O2S3.ClH/c1-11(2,3)14-19(15,16)9-7-8(12)10(18-9)17-6-4-5-13;/h7,14H,4-6,13H2,1-3H3;1H. The summed E-state index contributed by atoms with van der Waals surface area (Å²) in [6.07, 6.45) is 0.876. The predicted molar refractivity (Wildman–Crippen MR) is 91.0 cm³/mol. The summed E-state index contributed by atoms with van der Waals surface area (Å²) in [5, 5.41) is 0.487. The molecule has 4 nitrogen and oxygen atoms in total. The van der Waals surface area contributed by atoms with Gasteiger partial charge in [-0.2, -0.15) is 0 Å². The Morgan fingerprint density at radius 2 is 2.05 bits per heavy atom. The minimum Gasteiger partial charge on any atom is -0.330 e. The topological polar surface area (TPSA) is 72.2 Å². The van der Waals surface area contributed by atoms with Crippen LogP contribution in [0.4, 0.5) is 0 Å². The summed E-state index contributed by atoms with van der Waals surface area (Å²) in [6, 6.07) is 1.51. The van der Waals surface area contributed by atoms with E-state index in [0.29, 0.717) is 11.6 Å². The molecule has 1 aromatic rings. The van der Waals surface area contributed by atoms with Gasteiger partial charge in [0.25, 0.3) is 10.0 Å². The molecule has 0 radical (unpaired) electrons. The highest BCUT2D eigenvalue weighted by molar-refractivity contribution is 8.01. The molecule has 118 valence electrons. The van der Waals surface area contributed by atoms with Crippen molar-refractivity contribution in [1.29, 1.82) is 0 Å². The van der Waals surface area contributed by atoms with Crippen LogP contribution in [-0.2, 0) is 10.0 Å². The number of sulfonamides is 1. The minimum absolute atomic E-state index is 0. The Balaban J connectivity index is 0.00000361. The van der Waals surface area contributed by atoms with Crippen LogP contribution in [0.3, 0.4) is 0 Å². The lowest BCUT2D eigenvalue weighted by molar-refractivity contribution is 0.492. The zero-order valence-electron chi connectivity index (χ0n) is 11.6. The lowest BCUT2D eigenvalue weighted by Gasteiger charge is -2.19. The average molecular weight is 379 g/mol. The third-order valence-corrected chi connectivity index (χ3v) is 7.18. The van der Waals surface area contributed by atoms with Gasteiger partial charge in [-0.25, -0.2) is 13.1 Å². The smallest absolute Gasteiger partial charge is 0.250 e. The fraction of sp³-hybridized carbons (Fsp3) is 0.636. The van der Waals surface area contributed by atoms with Crippen molar-refractivity contribution in [2.75, 3.05) is 12.3 Å². The van der Waals surface area contributed by atoms with Crippen LogP contribution in [0.25, 0.3) is 0 Å². The first-order valence-electron chi connectivity index (χ1n) is 5.82. The van der Waals surface area contributed by atoms with Gasteiger partial charge in [0.15, 0.2) is 0 Å². The second-order valence-electron chi connectivity index (χ2n) is 5.05. The largest absolute Gasteiger partial charge is 0.330 e. The molecule has 0 aliphatic carbocycles. The fourth-order valence-corrected chi connectivity index (χ4v) is 5.90. The van der Waals surface area contributed by atoms with Gasteiger partial charge in [-0.3, -0.25) is 0 Å². The first kappa shape index (κ1) is 20.5. The maximum atomic E-state index is 12.2. The number of nitrogens with two attached hydrogens (primary N) is 1. The number of hydrogen-bond donors (Lipinski definition) is 2. The van der Waals surface area contributed by atoms with E-state index >= 15 is 0 Å². The third kappa shape index (κ3) is 6.51. The molecular formula is C11H20Cl2N2O2S3. The van der Waals surface area contributed by atoms with Crippen molar-refractivity contribution >= 4 is 57.1 Å². The fourth-order valence-electron chi connectivity index (χ4n) is 1.26. The summed E-state index contributed by atoms with van der Waals surface area (Å²) in [5.41, 5.74) is 4.91. The first-order valence-corrected chi connectivity index (χ1v) is 9.48. The number of nitrogens with one attached hydrogen (secondary N) is 1. The SMILES string of the molecule is CC(C)(C)NS(=O)(=O)c1cc(Cl)c(SCCCN)s1.Cl. The highest BCUT2D eigenvalue weighted by Gasteiger charge is 2.25. The van der Waals surface area contributed by atoms with Crippen LogP contribution in [0.5, 0.6) is 0 Å². The van der Waals surface area contributed by atoms with E-state index in [2.05, 4.69) is 4.72 Å². The van der Waals surface area contributed by atoms with Crippen LogP contribution in [-0.4, -0.2) is 26.3 Å². The summed E-state index contributed by atoms with van der Waals surface area (Å²) in [6.45, 7) is 6.02. The van der Waals surface area contributed by atoms with Crippen LogP contribution in [0.15, 0.2) is 14.5 Å². The van der Waals surface area contributed by atoms with Crippen molar-refractivity contribution in [2.24, 2.45) is 5.73 Å². The molecule has 0 aromatic carbocycles. The van der Waals surface area contributed by atoms with E-state index in [-0.39, 0.29) is 16.6 Å². The Hall–Kier alpha value is 0.500. The maximum Gasteiger partial charge on any atom is 0.250 e. The number of thiophene rings is 1. The Morgan fingerprint density at radius 3 is 2.55 bits per heavy atom. The van der Waals surface area contributed by atoms with Crippen molar-refractivity contribution in [2.45, 2.75) is 41.1 Å². The Labute approximate surface area is 140 Å². The summed E-state index contributed by atoms with van der Waals surface area (Å²) < 4.78 is 28.0. The lowest BCUT2D eigenvalue weighted by Crippen LogP contribution is -2.40. The second-order valence-corrected chi connectivity index (χ2v) is 9.78. The van der Waals surface area contributed by atoms with Crippen LogP contribution >= 0.6 is 47.1 Å². The average Bonchev–Trinajstić information content (AvgIpc) is 2.58. The molecule has 20 heavy (non-hydrogen) atoms. The molecule has 1 rings (SSSR count). The summed E-state index contributed by atoms with van der Waals surface area (Å²) in [4.78, 5) is 0. The molecule has 0 aliphatic rings. The van der Waals surface area contributed by atoms with Crippen LogP contribution in [0.2, 0.25) is 5.02 Å². The molecule has 1 heterocycles. The van der Waals surface area contributed by atoms with E-state index in [1.54, 1.807) is 32.5 Å². The molecular weight excluding hydrogens is 359 g/mol. The molecule has 1 aromatic heterocycles. The van der Waals surface area contributed by atoms with E-state index in [1.165, 1.54) is 17.4 Å². The third-order valence-electron chi connectivity index (χ3n) is 1.92. The van der Waals surface area contributed by atoms with Crippen molar-refractivity contribution in [1.82, 2.24) is 4.72 Å². The molecule has 0 fully saturated rings. The lowest BCUT2D eigenvalue weighted by atomic mass is 10.1. The van der Waals surface area contributed by atoms with Crippen molar-refractivity contribution in [3.05, 3.63) is 11.1 Å². The Bertz CT molecular complexity index is 524. The highest BCUT2D eigenvalue weighted by atomic mass is 35.5. The molecule has 0 bridgehead atoms. The summed E-state index contributed by atoms with van der Waals surface area (Å²) in [5.74, 6) is 0.836. The molecule has 3 N–H and O–H groups in total. The number of rotatable bonds is 6. The Morgan fingerprint density at radius 1 is 1.45 bits per heavy atom. The molecule has 0 aliphatic heterocycles. The van der Waals surface area contributed by atoms with Gasteiger partial charge in [-0.1, -0.05) is 11.6 Å². The molecule has 0 unspecified atom stereocenters. The monoisotopic (exact) mass is 378 g/mol. The summed E-state index contributed by atoms with van der Waals surface area (Å²) in [7, 11) is -3.50. The molecule has 0 saturated carbocycles. The van der Waals surface area contributed by atoms with Gasteiger partial charge >= 0.3 is 0 Å². The molecule has 0 atom stereocenters. The van der Waals surface area contributed by atoms with E-state index < -0.39 is 15.6 Å². The number of thioether (sulfide) groups is 1. The molecule has 0 saturated heterocycles. The second kappa shape index (κ2) is 8.22. The van der Waals surface area contributed by atoms with E-state index in [0.717, 1.165) is 16.4 Å². The zero-order valence-corrected chi connectivity index (χ0v) is 15.6. The van der Waals surface area contributed by atoms with Gasteiger partial charge in [0.2, 0.25) is 0 Å². The maximum absolute atomic E-state index is 12.2. The quantitative estimate of drug-likeness (QED) is 0.587. The van der Waals surface area contributed by atoms with Crippen LogP contribution < -0.4 is 10.5 Å². The Kier molecular flexibility index (Phi) is 8.42. The first-order chi connectivity index (χ1) is 8.65. The zero-order chi connectivity index (χ0) is 14.7.